The second kappa shape index (κ2) is 5.37. The highest BCUT2D eigenvalue weighted by Crippen LogP contribution is 2.34. The summed E-state index contributed by atoms with van der Waals surface area (Å²) in [4.78, 5) is 36.0. The van der Waals surface area contributed by atoms with Crippen LogP contribution in [0.25, 0.3) is 0 Å². The van der Waals surface area contributed by atoms with Gasteiger partial charge < -0.3 is 10.4 Å². The van der Waals surface area contributed by atoms with Crippen molar-refractivity contribution in [1.82, 2.24) is 10.2 Å². The monoisotopic (exact) mass is 310 g/mol. The Morgan fingerprint density at radius 3 is 2.62 bits per heavy atom. The summed E-state index contributed by atoms with van der Waals surface area (Å²) >= 11 is 5.98. The van der Waals surface area contributed by atoms with Gasteiger partial charge in [0.05, 0.1) is 0 Å². The zero-order valence-electron chi connectivity index (χ0n) is 11.6. The highest BCUT2D eigenvalue weighted by Gasteiger charge is 2.51. The Hall–Kier alpha value is -2.08. The summed E-state index contributed by atoms with van der Waals surface area (Å²) in [5, 5.41) is 12.0. The molecule has 112 valence electrons. The lowest BCUT2D eigenvalue weighted by molar-refractivity contribution is -0.143. The maximum atomic E-state index is 12.5. The van der Waals surface area contributed by atoms with Gasteiger partial charge in [-0.3, -0.25) is 14.5 Å². The quantitative estimate of drug-likeness (QED) is 0.831. The predicted molar refractivity (Wildman–Crippen MR) is 76.0 cm³/mol. The molecule has 0 radical (unpaired) electrons. The lowest BCUT2D eigenvalue weighted by atomic mass is 9.86. The zero-order chi connectivity index (χ0) is 15.8. The van der Waals surface area contributed by atoms with Gasteiger partial charge in [-0.2, -0.15) is 0 Å². The molecule has 1 heterocycles. The highest BCUT2D eigenvalue weighted by molar-refractivity contribution is 6.31. The van der Waals surface area contributed by atoms with Gasteiger partial charge in [0.1, 0.15) is 12.1 Å². The Bertz CT molecular complexity index is 631. The molecule has 7 heteroatoms. The Kier molecular flexibility index (Phi) is 3.91. The van der Waals surface area contributed by atoms with E-state index in [1.165, 1.54) is 0 Å². The maximum Gasteiger partial charge on any atom is 0.325 e. The Labute approximate surface area is 126 Å². The van der Waals surface area contributed by atoms with Crippen LogP contribution in [0.5, 0.6) is 0 Å². The van der Waals surface area contributed by atoms with Crippen molar-refractivity contribution in [3.63, 3.8) is 0 Å². The van der Waals surface area contributed by atoms with Crippen LogP contribution in [-0.2, 0) is 15.1 Å². The Morgan fingerprint density at radius 2 is 2.10 bits per heavy atom. The molecule has 1 saturated heterocycles. The molecule has 3 amide bonds. The molecule has 0 spiro atoms. The number of hydrogen-bond acceptors (Lipinski definition) is 3. The van der Waals surface area contributed by atoms with Crippen LogP contribution in [-0.4, -0.2) is 34.5 Å². The van der Waals surface area contributed by atoms with E-state index in [1.54, 1.807) is 32.0 Å². The normalized spacial score (nSPS) is 21.6. The van der Waals surface area contributed by atoms with Crippen molar-refractivity contribution in [1.29, 1.82) is 0 Å². The molecular weight excluding hydrogens is 296 g/mol. The number of nitrogens with zero attached hydrogens (tertiary/aromatic N) is 1. The molecule has 1 fully saturated rings. The molecule has 2 N–H and O–H groups in total. The van der Waals surface area contributed by atoms with Crippen molar-refractivity contribution in [2.24, 2.45) is 0 Å². The van der Waals surface area contributed by atoms with E-state index < -0.39 is 30.0 Å². The zero-order valence-corrected chi connectivity index (χ0v) is 12.4. The van der Waals surface area contributed by atoms with E-state index in [1.807, 2.05) is 0 Å². The molecule has 6 nitrogen and oxygen atoms in total. The number of carboxylic acid groups (broad SMARTS) is 1. The fraction of sp³-hybridized carbons (Fsp3) is 0.357. The van der Waals surface area contributed by atoms with Crippen LogP contribution in [0.1, 0.15) is 24.5 Å². The fourth-order valence-corrected chi connectivity index (χ4v) is 2.57. The first-order valence-electron chi connectivity index (χ1n) is 6.44. The summed E-state index contributed by atoms with van der Waals surface area (Å²) < 4.78 is 0. The summed E-state index contributed by atoms with van der Waals surface area (Å²) in [6, 6.07) is 4.36. The third-order valence-corrected chi connectivity index (χ3v) is 4.07. The van der Waals surface area contributed by atoms with Crippen LogP contribution in [0.15, 0.2) is 18.2 Å². The van der Waals surface area contributed by atoms with E-state index in [0.717, 1.165) is 10.5 Å². The average molecular weight is 311 g/mol. The van der Waals surface area contributed by atoms with Gasteiger partial charge in [0.25, 0.3) is 5.91 Å². The van der Waals surface area contributed by atoms with Gasteiger partial charge in [-0.1, -0.05) is 30.7 Å². The van der Waals surface area contributed by atoms with Crippen LogP contribution in [0.2, 0.25) is 5.02 Å². The standard InChI is InChI=1S/C14H15ClN2O4/c1-3-14(9-4-5-10(15)8(2)6-9)12(20)17(7-11(18)19)13(21)16-14/h4-6H,3,7H2,1-2H3,(H,16,21)(H,18,19)/t14-/m0/s1. The van der Waals surface area contributed by atoms with Crippen LogP contribution in [0.3, 0.4) is 0 Å². The number of benzene rings is 1. The minimum atomic E-state index is -1.24. The number of rotatable bonds is 4. The number of carboxylic acids is 1. The van der Waals surface area contributed by atoms with Crippen molar-refractivity contribution in [3.8, 4) is 0 Å². The van der Waals surface area contributed by atoms with Gasteiger partial charge >= 0.3 is 12.0 Å². The summed E-state index contributed by atoms with van der Waals surface area (Å²) in [5.41, 5.74) is 0.140. The number of halogens is 1. The molecular formula is C14H15ClN2O4. The first-order valence-corrected chi connectivity index (χ1v) is 6.82. The average Bonchev–Trinajstić information content (AvgIpc) is 2.66. The number of aliphatic carboxylic acids is 1. The second-order valence-corrected chi connectivity index (χ2v) is 5.35. The Balaban J connectivity index is 2.47. The molecule has 21 heavy (non-hydrogen) atoms. The van der Waals surface area contributed by atoms with E-state index in [2.05, 4.69) is 5.32 Å². The first kappa shape index (κ1) is 15.3. The lowest BCUT2D eigenvalue weighted by Gasteiger charge is -2.26. The van der Waals surface area contributed by atoms with Crippen LogP contribution >= 0.6 is 11.6 Å². The lowest BCUT2D eigenvalue weighted by Crippen LogP contribution is -2.44. The number of amides is 3. The van der Waals surface area contributed by atoms with E-state index in [-0.39, 0.29) is 0 Å². The van der Waals surface area contributed by atoms with Gasteiger partial charge in [0.2, 0.25) is 0 Å². The van der Waals surface area contributed by atoms with Gasteiger partial charge in [-0.05, 0) is 30.5 Å². The van der Waals surface area contributed by atoms with Crippen molar-refractivity contribution < 1.29 is 19.5 Å². The van der Waals surface area contributed by atoms with E-state index in [0.29, 0.717) is 17.0 Å². The van der Waals surface area contributed by atoms with Gasteiger partial charge in [-0.15, -0.1) is 0 Å². The summed E-state index contributed by atoms with van der Waals surface area (Å²) in [6.45, 7) is 2.90. The van der Waals surface area contributed by atoms with Gasteiger partial charge in [0.15, 0.2) is 0 Å². The minimum Gasteiger partial charge on any atom is -0.480 e. The molecule has 0 aromatic heterocycles. The van der Waals surface area contributed by atoms with Crippen molar-refractivity contribution in [2.75, 3.05) is 6.54 Å². The smallest absolute Gasteiger partial charge is 0.325 e. The molecule has 0 unspecified atom stereocenters. The molecule has 2 rings (SSSR count). The second-order valence-electron chi connectivity index (χ2n) is 4.94. The van der Waals surface area contributed by atoms with Crippen molar-refractivity contribution >= 4 is 29.5 Å². The fourth-order valence-electron chi connectivity index (χ4n) is 2.45. The first-order chi connectivity index (χ1) is 9.81. The van der Waals surface area contributed by atoms with Gasteiger partial charge in [-0.25, -0.2) is 4.79 Å². The third-order valence-electron chi connectivity index (χ3n) is 3.65. The van der Waals surface area contributed by atoms with Crippen LogP contribution in [0.4, 0.5) is 4.79 Å². The highest BCUT2D eigenvalue weighted by atomic mass is 35.5. The molecule has 0 bridgehead atoms. The summed E-state index contributed by atoms with van der Waals surface area (Å²) in [6.07, 6.45) is 0.314. The number of carbonyl (C=O) groups is 3. The number of imide groups is 1. The van der Waals surface area contributed by atoms with E-state index >= 15 is 0 Å². The summed E-state index contributed by atoms with van der Waals surface area (Å²) in [5.74, 6) is -1.79. The molecule has 1 aromatic carbocycles. The van der Waals surface area contributed by atoms with Crippen LogP contribution < -0.4 is 5.32 Å². The largest absolute Gasteiger partial charge is 0.480 e. The van der Waals surface area contributed by atoms with Crippen molar-refractivity contribution in [2.45, 2.75) is 25.8 Å². The third kappa shape index (κ3) is 2.47. The number of nitrogens with one attached hydrogen (secondary N) is 1. The van der Waals surface area contributed by atoms with Crippen LogP contribution in [0, 0.1) is 6.92 Å². The maximum absolute atomic E-state index is 12.5. The summed E-state index contributed by atoms with van der Waals surface area (Å²) in [7, 11) is 0. The molecule has 1 aliphatic rings. The Morgan fingerprint density at radius 1 is 1.43 bits per heavy atom. The molecule has 1 aromatic rings. The SMILES string of the molecule is CC[C@@]1(c2ccc(Cl)c(C)c2)NC(=O)N(CC(=O)O)C1=O. The number of hydrogen-bond donors (Lipinski definition) is 2. The molecule has 1 atom stereocenters. The molecule has 0 saturated carbocycles. The molecule has 0 aliphatic carbocycles. The number of urea groups is 1. The van der Waals surface area contributed by atoms with E-state index in [9.17, 15) is 14.4 Å². The number of aryl methyl sites for hydroxylation is 1. The minimum absolute atomic E-state index is 0.314. The number of carbonyl (C=O) groups excluding carboxylic acids is 2. The molecule has 1 aliphatic heterocycles. The van der Waals surface area contributed by atoms with Crippen molar-refractivity contribution in [3.05, 3.63) is 34.3 Å². The topological polar surface area (TPSA) is 86.7 Å². The van der Waals surface area contributed by atoms with E-state index in [4.69, 9.17) is 16.7 Å². The predicted octanol–water partition coefficient (Wildman–Crippen LogP) is 1.89. The van der Waals surface area contributed by atoms with Gasteiger partial charge in [0, 0.05) is 5.02 Å².